The molecule has 0 radical (unpaired) electrons. The Hall–Kier alpha value is -1.80. The second-order valence-electron chi connectivity index (χ2n) is 5.69. The maximum Gasteiger partial charge on any atom is 0.0324 e. The molecule has 1 unspecified atom stereocenters. The van der Waals surface area contributed by atoms with Crippen LogP contribution in [0.3, 0.4) is 0 Å². The minimum Gasteiger partial charge on any atom is -0.399 e. The lowest BCUT2D eigenvalue weighted by Gasteiger charge is -2.28. The quantitative estimate of drug-likeness (QED) is 0.838. The number of benzene rings is 2. The predicted molar refractivity (Wildman–Crippen MR) is 84.4 cm³/mol. The molecule has 2 aromatic carbocycles. The van der Waals surface area contributed by atoms with E-state index in [2.05, 4.69) is 48.2 Å². The highest BCUT2D eigenvalue weighted by Crippen LogP contribution is 2.27. The molecular formula is C18H22N2. The molecule has 1 aliphatic heterocycles. The van der Waals surface area contributed by atoms with E-state index in [1.165, 1.54) is 29.5 Å². The lowest BCUT2D eigenvalue weighted by molar-refractivity contribution is 0.205. The van der Waals surface area contributed by atoms with Crippen LogP contribution in [0.4, 0.5) is 5.69 Å². The molecule has 0 amide bonds. The Morgan fingerprint density at radius 1 is 1.05 bits per heavy atom. The van der Waals surface area contributed by atoms with Crippen LogP contribution in [0.25, 0.3) is 0 Å². The zero-order valence-electron chi connectivity index (χ0n) is 12.0. The van der Waals surface area contributed by atoms with E-state index in [4.69, 9.17) is 5.73 Å². The number of nitrogens with two attached hydrogens (primary N) is 1. The van der Waals surface area contributed by atoms with Crippen molar-refractivity contribution in [3.05, 3.63) is 65.2 Å². The number of hydrogen-bond acceptors (Lipinski definition) is 2. The molecule has 1 aliphatic rings. The summed E-state index contributed by atoms with van der Waals surface area (Å²) in [6.07, 6.45) is 2.42. The average molecular weight is 266 g/mol. The van der Waals surface area contributed by atoms with Crippen molar-refractivity contribution in [2.75, 3.05) is 12.3 Å². The standard InChI is InChI=1S/C18H22N2/c1-14(16-8-4-10-18(19)12-16)20-11-5-9-15-6-2-3-7-17(15)13-20/h2-4,6-8,10,12,14H,5,9,11,13,19H2,1H3. The first-order valence-electron chi connectivity index (χ1n) is 7.40. The van der Waals surface area contributed by atoms with Gasteiger partial charge in [0.25, 0.3) is 0 Å². The first-order chi connectivity index (χ1) is 9.74. The normalized spacial score (nSPS) is 17.2. The first-order valence-corrected chi connectivity index (χ1v) is 7.40. The zero-order chi connectivity index (χ0) is 13.9. The van der Waals surface area contributed by atoms with Gasteiger partial charge in [0.1, 0.15) is 0 Å². The van der Waals surface area contributed by atoms with Crippen molar-refractivity contribution in [3.8, 4) is 0 Å². The summed E-state index contributed by atoms with van der Waals surface area (Å²) in [7, 11) is 0. The van der Waals surface area contributed by atoms with E-state index in [0.717, 1.165) is 18.8 Å². The van der Waals surface area contributed by atoms with Gasteiger partial charge in [0, 0.05) is 18.3 Å². The maximum absolute atomic E-state index is 5.91. The largest absolute Gasteiger partial charge is 0.399 e. The molecule has 0 aromatic heterocycles. The van der Waals surface area contributed by atoms with Crippen LogP contribution in [-0.4, -0.2) is 11.4 Å². The Labute approximate surface area is 121 Å². The van der Waals surface area contributed by atoms with Crippen LogP contribution in [0.1, 0.15) is 36.1 Å². The van der Waals surface area contributed by atoms with Gasteiger partial charge >= 0.3 is 0 Å². The summed E-state index contributed by atoms with van der Waals surface area (Å²) in [4.78, 5) is 2.56. The fourth-order valence-corrected chi connectivity index (χ4v) is 3.09. The van der Waals surface area contributed by atoms with Crippen molar-refractivity contribution < 1.29 is 0 Å². The second kappa shape index (κ2) is 5.68. The Morgan fingerprint density at radius 3 is 2.65 bits per heavy atom. The van der Waals surface area contributed by atoms with E-state index >= 15 is 0 Å². The van der Waals surface area contributed by atoms with E-state index in [9.17, 15) is 0 Å². The summed E-state index contributed by atoms with van der Waals surface area (Å²) >= 11 is 0. The van der Waals surface area contributed by atoms with E-state index in [-0.39, 0.29) is 0 Å². The Morgan fingerprint density at radius 2 is 1.85 bits per heavy atom. The van der Waals surface area contributed by atoms with Crippen LogP contribution in [0.5, 0.6) is 0 Å². The molecule has 0 spiro atoms. The molecule has 104 valence electrons. The third-order valence-corrected chi connectivity index (χ3v) is 4.32. The average Bonchev–Trinajstić information content (AvgIpc) is 2.68. The van der Waals surface area contributed by atoms with Crippen LogP contribution < -0.4 is 5.73 Å². The molecule has 2 aromatic rings. The molecule has 0 bridgehead atoms. The van der Waals surface area contributed by atoms with Gasteiger partial charge in [-0.3, -0.25) is 4.90 Å². The van der Waals surface area contributed by atoms with Gasteiger partial charge in [-0.1, -0.05) is 36.4 Å². The van der Waals surface area contributed by atoms with Gasteiger partial charge in [-0.05, 0) is 55.1 Å². The number of fused-ring (bicyclic) bond motifs is 1. The van der Waals surface area contributed by atoms with Gasteiger partial charge in [-0.15, -0.1) is 0 Å². The molecule has 2 heteroatoms. The number of aryl methyl sites for hydroxylation is 1. The van der Waals surface area contributed by atoms with Crippen molar-refractivity contribution in [1.82, 2.24) is 4.90 Å². The molecular weight excluding hydrogens is 244 g/mol. The van der Waals surface area contributed by atoms with E-state index in [1.807, 2.05) is 12.1 Å². The molecule has 0 aliphatic carbocycles. The van der Waals surface area contributed by atoms with Crippen LogP contribution in [0, 0.1) is 0 Å². The highest BCUT2D eigenvalue weighted by Gasteiger charge is 2.19. The number of nitrogens with zero attached hydrogens (tertiary/aromatic N) is 1. The van der Waals surface area contributed by atoms with Crippen molar-refractivity contribution in [2.45, 2.75) is 32.4 Å². The van der Waals surface area contributed by atoms with Gasteiger partial charge in [0.15, 0.2) is 0 Å². The first kappa shape index (κ1) is 13.2. The number of anilines is 1. The van der Waals surface area contributed by atoms with Crippen molar-refractivity contribution in [2.24, 2.45) is 0 Å². The minimum absolute atomic E-state index is 0.407. The summed E-state index contributed by atoms with van der Waals surface area (Å²) in [5.41, 5.74) is 11.1. The molecule has 1 heterocycles. The molecule has 20 heavy (non-hydrogen) atoms. The van der Waals surface area contributed by atoms with E-state index < -0.39 is 0 Å². The molecule has 0 saturated heterocycles. The fraction of sp³-hybridized carbons (Fsp3) is 0.333. The molecule has 0 saturated carbocycles. The molecule has 0 fully saturated rings. The van der Waals surface area contributed by atoms with E-state index in [1.54, 1.807) is 0 Å². The minimum atomic E-state index is 0.407. The molecule has 2 N–H and O–H groups in total. The SMILES string of the molecule is CC(c1cccc(N)c1)N1CCCc2ccccc2C1. The smallest absolute Gasteiger partial charge is 0.0324 e. The highest BCUT2D eigenvalue weighted by molar-refractivity contribution is 5.41. The number of rotatable bonds is 2. The predicted octanol–water partition coefficient (Wildman–Crippen LogP) is 3.78. The Bertz CT molecular complexity index is 591. The third kappa shape index (κ3) is 2.70. The topological polar surface area (TPSA) is 29.3 Å². The third-order valence-electron chi connectivity index (χ3n) is 4.32. The van der Waals surface area contributed by atoms with Crippen LogP contribution in [-0.2, 0) is 13.0 Å². The number of hydrogen-bond donors (Lipinski definition) is 1. The van der Waals surface area contributed by atoms with Crippen molar-refractivity contribution in [3.63, 3.8) is 0 Å². The zero-order valence-corrected chi connectivity index (χ0v) is 12.0. The maximum atomic E-state index is 5.91. The summed E-state index contributed by atoms with van der Waals surface area (Å²) in [6, 6.07) is 17.5. The van der Waals surface area contributed by atoms with Gasteiger partial charge in [0.05, 0.1) is 0 Å². The molecule has 2 nitrogen and oxygen atoms in total. The lowest BCUT2D eigenvalue weighted by Crippen LogP contribution is -2.26. The van der Waals surface area contributed by atoms with E-state index in [0.29, 0.717) is 6.04 Å². The highest BCUT2D eigenvalue weighted by atomic mass is 15.1. The summed E-state index contributed by atoms with van der Waals surface area (Å²) in [5.74, 6) is 0. The summed E-state index contributed by atoms with van der Waals surface area (Å²) in [5, 5.41) is 0. The van der Waals surface area contributed by atoms with Gasteiger partial charge in [0.2, 0.25) is 0 Å². The fourth-order valence-electron chi connectivity index (χ4n) is 3.09. The van der Waals surface area contributed by atoms with Crippen LogP contribution in [0.2, 0.25) is 0 Å². The monoisotopic (exact) mass is 266 g/mol. The Kier molecular flexibility index (Phi) is 3.75. The van der Waals surface area contributed by atoms with Gasteiger partial charge < -0.3 is 5.73 Å². The van der Waals surface area contributed by atoms with Gasteiger partial charge in [-0.2, -0.15) is 0 Å². The molecule has 3 rings (SSSR count). The molecule has 1 atom stereocenters. The van der Waals surface area contributed by atoms with Crippen molar-refractivity contribution >= 4 is 5.69 Å². The van der Waals surface area contributed by atoms with Gasteiger partial charge in [-0.25, -0.2) is 0 Å². The Balaban J connectivity index is 1.84. The van der Waals surface area contributed by atoms with Crippen LogP contribution >= 0.6 is 0 Å². The second-order valence-corrected chi connectivity index (χ2v) is 5.69. The lowest BCUT2D eigenvalue weighted by atomic mass is 10.0. The summed E-state index contributed by atoms with van der Waals surface area (Å²) < 4.78 is 0. The van der Waals surface area contributed by atoms with Crippen molar-refractivity contribution in [1.29, 1.82) is 0 Å². The van der Waals surface area contributed by atoms with Crippen LogP contribution in [0.15, 0.2) is 48.5 Å². The number of nitrogen functional groups attached to an aromatic ring is 1. The summed E-state index contributed by atoms with van der Waals surface area (Å²) in [6.45, 7) is 4.46.